The number of aromatic nitrogens is 1. The maximum absolute atomic E-state index is 12.1. The Morgan fingerprint density at radius 1 is 1.16 bits per heavy atom. The van der Waals surface area contributed by atoms with Crippen LogP contribution in [-0.2, 0) is 6.42 Å². The van der Waals surface area contributed by atoms with Crippen molar-refractivity contribution < 1.29 is 4.79 Å². The monoisotopic (exact) mass is 360 g/mol. The number of benzene rings is 1. The third kappa shape index (κ3) is 7.11. The molecule has 0 aliphatic heterocycles. The highest BCUT2D eigenvalue weighted by Gasteiger charge is 2.07. The van der Waals surface area contributed by atoms with Crippen molar-refractivity contribution in [3.63, 3.8) is 0 Å². The number of amides is 1. The summed E-state index contributed by atoms with van der Waals surface area (Å²) in [6.45, 7) is 2.36. The Morgan fingerprint density at radius 3 is 2.64 bits per heavy atom. The van der Waals surface area contributed by atoms with E-state index in [-0.39, 0.29) is 5.91 Å². The van der Waals surface area contributed by atoms with Crippen LogP contribution in [0.25, 0.3) is 0 Å². The molecule has 1 amide bonds. The molecular formula is C19H25ClN4O. The van der Waals surface area contributed by atoms with Crippen LogP contribution in [0.15, 0.2) is 42.6 Å². The van der Waals surface area contributed by atoms with Crippen molar-refractivity contribution in [2.45, 2.75) is 12.8 Å². The Kier molecular flexibility index (Phi) is 7.70. The highest BCUT2D eigenvalue weighted by atomic mass is 35.5. The van der Waals surface area contributed by atoms with Crippen molar-refractivity contribution in [3.8, 4) is 0 Å². The third-order valence-corrected chi connectivity index (χ3v) is 3.97. The van der Waals surface area contributed by atoms with Crippen LogP contribution in [0.1, 0.15) is 22.5 Å². The van der Waals surface area contributed by atoms with Gasteiger partial charge in [0.15, 0.2) is 0 Å². The predicted octanol–water partition coefficient (Wildman–Crippen LogP) is 3.07. The lowest BCUT2D eigenvalue weighted by Gasteiger charge is -2.10. The fourth-order valence-electron chi connectivity index (χ4n) is 2.35. The van der Waals surface area contributed by atoms with Gasteiger partial charge < -0.3 is 15.5 Å². The van der Waals surface area contributed by atoms with Crippen molar-refractivity contribution in [3.05, 3.63) is 58.9 Å². The lowest BCUT2D eigenvalue weighted by molar-refractivity contribution is 0.0947. The fourth-order valence-corrected chi connectivity index (χ4v) is 2.48. The normalized spacial score (nSPS) is 10.7. The molecule has 25 heavy (non-hydrogen) atoms. The summed E-state index contributed by atoms with van der Waals surface area (Å²) in [5.41, 5.74) is 2.54. The van der Waals surface area contributed by atoms with Crippen molar-refractivity contribution >= 4 is 23.2 Å². The van der Waals surface area contributed by atoms with Crippen LogP contribution in [0.2, 0.25) is 5.02 Å². The van der Waals surface area contributed by atoms with Gasteiger partial charge in [0, 0.05) is 30.0 Å². The number of hydrogen-bond donors (Lipinski definition) is 2. The van der Waals surface area contributed by atoms with E-state index in [0.29, 0.717) is 12.2 Å². The van der Waals surface area contributed by atoms with Gasteiger partial charge in [0.05, 0.1) is 0 Å². The summed E-state index contributed by atoms with van der Waals surface area (Å²) in [6, 6.07) is 11.5. The second-order valence-corrected chi connectivity index (χ2v) is 6.58. The average molecular weight is 361 g/mol. The van der Waals surface area contributed by atoms with E-state index < -0.39 is 0 Å². The maximum atomic E-state index is 12.1. The first-order valence-electron chi connectivity index (χ1n) is 8.42. The molecule has 0 radical (unpaired) electrons. The number of anilines is 1. The molecule has 0 aliphatic carbocycles. The van der Waals surface area contributed by atoms with Crippen molar-refractivity contribution in [2.75, 3.05) is 39.0 Å². The predicted molar refractivity (Wildman–Crippen MR) is 103 cm³/mol. The number of nitrogens with one attached hydrogen (secondary N) is 2. The topological polar surface area (TPSA) is 57.3 Å². The van der Waals surface area contributed by atoms with E-state index in [1.165, 1.54) is 5.56 Å². The van der Waals surface area contributed by atoms with Crippen molar-refractivity contribution in [2.24, 2.45) is 0 Å². The summed E-state index contributed by atoms with van der Waals surface area (Å²) < 4.78 is 0. The molecule has 0 saturated heterocycles. The first kappa shape index (κ1) is 19.2. The number of hydrogen-bond acceptors (Lipinski definition) is 4. The van der Waals surface area contributed by atoms with Gasteiger partial charge >= 0.3 is 0 Å². The molecule has 5 nitrogen and oxygen atoms in total. The fraction of sp³-hybridized carbons (Fsp3) is 0.368. The molecule has 0 spiro atoms. The molecule has 2 N–H and O–H groups in total. The number of pyridine rings is 1. The number of carbonyl (C=O) groups excluding carboxylic acids is 1. The largest absolute Gasteiger partial charge is 0.385 e. The summed E-state index contributed by atoms with van der Waals surface area (Å²) >= 11 is 5.89. The van der Waals surface area contributed by atoms with E-state index in [0.717, 1.165) is 36.6 Å². The molecule has 0 fully saturated rings. The molecule has 0 saturated carbocycles. The number of rotatable bonds is 9. The molecule has 0 atom stereocenters. The standard InChI is InChI=1S/C19H25ClN4O/c1-24(2)13-3-10-23-19(25)18-14-17(9-12-22-18)21-11-8-15-4-6-16(20)7-5-15/h4-7,9,12,14H,3,8,10-11,13H2,1-2H3,(H,21,22)(H,23,25). The average Bonchev–Trinajstić information content (AvgIpc) is 2.60. The molecule has 2 rings (SSSR count). The lowest BCUT2D eigenvalue weighted by Crippen LogP contribution is -2.27. The Balaban J connectivity index is 1.79. The second kappa shape index (κ2) is 10.0. The van der Waals surface area contributed by atoms with Crippen molar-refractivity contribution in [1.82, 2.24) is 15.2 Å². The summed E-state index contributed by atoms with van der Waals surface area (Å²) in [5, 5.41) is 6.97. The third-order valence-electron chi connectivity index (χ3n) is 3.72. The first-order valence-corrected chi connectivity index (χ1v) is 8.79. The van der Waals surface area contributed by atoms with Crippen molar-refractivity contribution in [1.29, 1.82) is 0 Å². The van der Waals surface area contributed by atoms with Gasteiger partial charge in [-0.05, 0) is 63.3 Å². The number of nitrogens with zero attached hydrogens (tertiary/aromatic N) is 2. The van der Waals surface area contributed by atoms with Crippen LogP contribution in [-0.4, -0.2) is 49.5 Å². The number of carbonyl (C=O) groups is 1. The minimum Gasteiger partial charge on any atom is -0.385 e. The van der Waals surface area contributed by atoms with Gasteiger partial charge in [-0.1, -0.05) is 23.7 Å². The Morgan fingerprint density at radius 2 is 1.92 bits per heavy atom. The van der Waals surface area contributed by atoms with Crippen LogP contribution in [0.3, 0.4) is 0 Å². The summed E-state index contributed by atoms with van der Waals surface area (Å²) in [6.07, 6.45) is 3.45. The molecule has 1 aromatic heterocycles. The van der Waals surface area contributed by atoms with Crippen LogP contribution in [0.4, 0.5) is 5.69 Å². The van der Waals surface area contributed by atoms with Gasteiger partial charge in [-0.15, -0.1) is 0 Å². The van der Waals surface area contributed by atoms with Gasteiger partial charge in [0.1, 0.15) is 5.69 Å². The zero-order valence-corrected chi connectivity index (χ0v) is 15.5. The molecule has 1 aromatic carbocycles. The van der Waals surface area contributed by atoms with E-state index in [1.54, 1.807) is 12.3 Å². The van der Waals surface area contributed by atoms with Crippen LogP contribution in [0, 0.1) is 0 Å². The zero-order chi connectivity index (χ0) is 18.1. The SMILES string of the molecule is CN(C)CCCNC(=O)c1cc(NCCc2ccc(Cl)cc2)ccn1. The Bertz CT molecular complexity index is 673. The van der Waals surface area contributed by atoms with Gasteiger partial charge in [0.25, 0.3) is 5.91 Å². The summed E-state index contributed by atoms with van der Waals surface area (Å²) in [5.74, 6) is -0.139. The molecule has 1 heterocycles. The molecule has 134 valence electrons. The van der Waals surface area contributed by atoms with Gasteiger partial charge in [-0.2, -0.15) is 0 Å². The van der Waals surface area contributed by atoms with Gasteiger partial charge in [0.2, 0.25) is 0 Å². The van der Waals surface area contributed by atoms with Gasteiger partial charge in [-0.25, -0.2) is 0 Å². The summed E-state index contributed by atoms with van der Waals surface area (Å²) in [7, 11) is 4.03. The summed E-state index contributed by atoms with van der Waals surface area (Å²) in [4.78, 5) is 18.4. The second-order valence-electron chi connectivity index (χ2n) is 6.15. The first-order chi connectivity index (χ1) is 12.0. The minimum atomic E-state index is -0.139. The number of halogens is 1. The molecule has 2 aromatic rings. The minimum absolute atomic E-state index is 0.139. The molecule has 6 heteroatoms. The lowest BCUT2D eigenvalue weighted by atomic mass is 10.1. The van der Waals surface area contributed by atoms with E-state index in [1.807, 2.05) is 44.4 Å². The maximum Gasteiger partial charge on any atom is 0.269 e. The van der Waals surface area contributed by atoms with E-state index in [2.05, 4.69) is 20.5 Å². The van der Waals surface area contributed by atoms with Crippen LogP contribution in [0.5, 0.6) is 0 Å². The highest BCUT2D eigenvalue weighted by Crippen LogP contribution is 2.11. The molecule has 0 bridgehead atoms. The molecule has 0 aliphatic rings. The molecule has 0 unspecified atom stereocenters. The zero-order valence-electron chi connectivity index (χ0n) is 14.8. The quantitative estimate of drug-likeness (QED) is 0.675. The van der Waals surface area contributed by atoms with Crippen LogP contribution >= 0.6 is 11.6 Å². The van der Waals surface area contributed by atoms with E-state index in [4.69, 9.17) is 11.6 Å². The smallest absolute Gasteiger partial charge is 0.269 e. The van der Waals surface area contributed by atoms with E-state index >= 15 is 0 Å². The van der Waals surface area contributed by atoms with E-state index in [9.17, 15) is 4.79 Å². The highest BCUT2D eigenvalue weighted by molar-refractivity contribution is 6.30. The molecular weight excluding hydrogens is 336 g/mol. The Labute approximate surface area is 154 Å². The van der Waals surface area contributed by atoms with Gasteiger partial charge in [-0.3, -0.25) is 9.78 Å². The Hall–Kier alpha value is -2.11. The van der Waals surface area contributed by atoms with Crippen LogP contribution < -0.4 is 10.6 Å².